The second kappa shape index (κ2) is 5.19. The van der Waals surface area contributed by atoms with Crippen LogP contribution in [-0.2, 0) is 10.0 Å². The van der Waals surface area contributed by atoms with Gasteiger partial charge in [-0.2, -0.15) is 0 Å². The van der Waals surface area contributed by atoms with Crippen molar-refractivity contribution in [1.29, 1.82) is 0 Å². The Bertz CT molecular complexity index is 594. The first-order valence-electron chi connectivity index (χ1n) is 5.19. The van der Waals surface area contributed by atoms with Crippen LogP contribution in [0.3, 0.4) is 0 Å². The van der Waals surface area contributed by atoms with Crippen molar-refractivity contribution in [3.8, 4) is 0 Å². The molecule has 1 aromatic rings. The van der Waals surface area contributed by atoms with Gasteiger partial charge in [-0.05, 0) is 19.9 Å². The van der Waals surface area contributed by atoms with Gasteiger partial charge in [0.05, 0.1) is 16.6 Å². The first-order chi connectivity index (χ1) is 8.53. The number of rotatable bonds is 5. The summed E-state index contributed by atoms with van der Waals surface area (Å²) in [5.41, 5.74) is -1.84. The minimum atomic E-state index is -4.17. The molecule has 0 heterocycles. The lowest BCUT2D eigenvalue weighted by molar-refractivity contribution is -0.385. The van der Waals surface area contributed by atoms with Crippen molar-refractivity contribution in [2.45, 2.75) is 24.3 Å². The van der Waals surface area contributed by atoms with Gasteiger partial charge in [0.15, 0.2) is 0 Å². The molecule has 0 amide bonds. The second-order valence-corrected chi connectivity index (χ2v) is 6.24. The van der Waals surface area contributed by atoms with Crippen molar-refractivity contribution < 1.29 is 22.8 Å². The summed E-state index contributed by atoms with van der Waals surface area (Å²) in [7, 11) is -4.17. The van der Waals surface area contributed by atoms with Gasteiger partial charge in [0.25, 0.3) is 5.69 Å². The van der Waals surface area contributed by atoms with Crippen LogP contribution >= 0.6 is 0 Å². The molecule has 0 fully saturated rings. The Morgan fingerprint density at radius 3 is 2.47 bits per heavy atom. The monoisotopic (exact) mass is 292 g/mol. The van der Waals surface area contributed by atoms with Crippen molar-refractivity contribution >= 4 is 15.7 Å². The topological polar surface area (TPSA) is 110 Å². The highest BCUT2D eigenvalue weighted by Crippen LogP contribution is 2.20. The van der Waals surface area contributed by atoms with E-state index in [0.29, 0.717) is 6.07 Å². The zero-order chi connectivity index (χ0) is 14.8. The Labute approximate surface area is 109 Å². The third-order valence-electron chi connectivity index (χ3n) is 2.11. The highest BCUT2D eigenvalue weighted by atomic mass is 32.2. The number of non-ortho nitro benzene ring substituents is 1. The molecule has 1 rings (SSSR count). The zero-order valence-electron chi connectivity index (χ0n) is 10.3. The van der Waals surface area contributed by atoms with Gasteiger partial charge in [-0.3, -0.25) is 10.1 Å². The standard InChI is InChI=1S/C10H13FN2O5S/c1-10(2,14)6-12-19(17,18)9-4-3-7(13(15)16)5-8(9)11/h3-5,12,14H,6H2,1-2H3. The van der Waals surface area contributed by atoms with E-state index >= 15 is 0 Å². The number of hydrogen-bond acceptors (Lipinski definition) is 5. The molecule has 0 aliphatic carbocycles. The fraction of sp³-hybridized carbons (Fsp3) is 0.400. The molecule has 0 unspecified atom stereocenters. The number of nitro groups is 1. The van der Waals surface area contributed by atoms with Crippen LogP contribution in [0.1, 0.15) is 13.8 Å². The highest BCUT2D eigenvalue weighted by Gasteiger charge is 2.24. The number of nitro benzene ring substituents is 1. The van der Waals surface area contributed by atoms with Gasteiger partial charge >= 0.3 is 0 Å². The normalized spacial score (nSPS) is 12.4. The molecule has 0 aromatic heterocycles. The second-order valence-electron chi connectivity index (χ2n) is 4.51. The lowest BCUT2D eigenvalue weighted by Crippen LogP contribution is -2.38. The summed E-state index contributed by atoms with van der Waals surface area (Å²) in [5.74, 6) is -1.22. The summed E-state index contributed by atoms with van der Waals surface area (Å²) < 4.78 is 39.1. The molecule has 0 aliphatic rings. The number of sulfonamides is 1. The Hall–Kier alpha value is -1.58. The SMILES string of the molecule is CC(C)(O)CNS(=O)(=O)c1ccc([N+](=O)[O-])cc1F. The van der Waals surface area contributed by atoms with Crippen LogP contribution < -0.4 is 4.72 Å². The highest BCUT2D eigenvalue weighted by molar-refractivity contribution is 7.89. The molecule has 0 spiro atoms. The minimum Gasteiger partial charge on any atom is -0.389 e. The van der Waals surface area contributed by atoms with E-state index in [1.807, 2.05) is 4.72 Å². The van der Waals surface area contributed by atoms with E-state index in [0.717, 1.165) is 12.1 Å². The summed E-state index contributed by atoms with van der Waals surface area (Å²) in [6.07, 6.45) is 0. The van der Waals surface area contributed by atoms with Crippen LogP contribution in [0.4, 0.5) is 10.1 Å². The van der Waals surface area contributed by atoms with Crippen LogP contribution in [0.15, 0.2) is 23.1 Å². The average molecular weight is 292 g/mol. The molecule has 0 saturated carbocycles. The van der Waals surface area contributed by atoms with E-state index < -0.39 is 36.9 Å². The Balaban J connectivity index is 3.06. The van der Waals surface area contributed by atoms with Crippen LogP contribution in [0, 0.1) is 15.9 Å². The van der Waals surface area contributed by atoms with Crippen molar-refractivity contribution in [3.63, 3.8) is 0 Å². The number of nitrogens with one attached hydrogen (secondary N) is 1. The van der Waals surface area contributed by atoms with Gasteiger partial charge in [-0.1, -0.05) is 0 Å². The van der Waals surface area contributed by atoms with Crippen LogP contribution in [0.5, 0.6) is 0 Å². The van der Waals surface area contributed by atoms with Gasteiger partial charge in [0, 0.05) is 12.6 Å². The van der Waals surface area contributed by atoms with Gasteiger partial charge in [0.2, 0.25) is 10.0 Å². The molecule has 7 nitrogen and oxygen atoms in total. The maximum atomic E-state index is 13.5. The Kier molecular flexibility index (Phi) is 4.23. The predicted octanol–water partition coefficient (Wildman–Crippen LogP) is 0.783. The summed E-state index contributed by atoms with van der Waals surface area (Å²) >= 11 is 0. The van der Waals surface area contributed by atoms with E-state index in [-0.39, 0.29) is 6.54 Å². The molecule has 0 radical (unpaired) electrons. The third-order valence-corrected chi connectivity index (χ3v) is 3.55. The molecule has 0 aliphatic heterocycles. The molecule has 106 valence electrons. The summed E-state index contributed by atoms with van der Waals surface area (Å²) in [6, 6.07) is 2.22. The zero-order valence-corrected chi connectivity index (χ0v) is 11.1. The van der Waals surface area contributed by atoms with E-state index in [1.165, 1.54) is 13.8 Å². The van der Waals surface area contributed by atoms with Crippen LogP contribution in [0.25, 0.3) is 0 Å². The number of hydrogen-bond donors (Lipinski definition) is 2. The van der Waals surface area contributed by atoms with E-state index in [4.69, 9.17) is 0 Å². The van der Waals surface area contributed by atoms with Crippen molar-refractivity contribution in [1.82, 2.24) is 4.72 Å². The van der Waals surface area contributed by atoms with E-state index in [1.54, 1.807) is 0 Å². The Morgan fingerprint density at radius 1 is 1.47 bits per heavy atom. The van der Waals surface area contributed by atoms with Gasteiger partial charge < -0.3 is 5.11 Å². The van der Waals surface area contributed by atoms with Crippen molar-refractivity contribution in [3.05, 3.63) is 34.1 Å². The molecule has 1 aromatic carbocycles. The molecular formula is C10H13FN2O5S. The average Bonchev–Trinajstić information content (AvgIpc) is 2.25. The fourth-order valence-corrected chi connectivity index (χ4v) is 2.43. The van der Waals surface area contributed by atoms with Crippen LogP contribution in [0.2, 0.25) is 0 Å². The van der Waals surface area contributed by atoms with Gasteiger partial charge in [-0.25, -0.2) is 17.5 Å². The van der Waals surface area contributed by atoms with Gasteiger partial charge in [0.1, 0.15) is 10.7 Å². The minimum absolute atomic E-state index is 0.314. The summed E-state index contributed by atoms with van der Waals surface area (Å²) in [6.45, 7) is 2.44. The smallest absolute Gasteiger partial charge is 0.272 e. The molecule has 19 heavy (non-hydrogen) atoms. The summed E-state index contributed by atoms with van der Waals surface area (Å²) in [4.78, 5) is 8.88. The van der Waals surface area contributed by atoms with Crippen molar-refractivity contribution in [2.75, 3.05) is 6.54 Å². The maximum Gasteiger partial charge on any atom is 0.272 e. The van der Waals surface area contributed by atoms with Gasteiger partial charge in [-0.15, -0.1) is 0 Å². The molecular weight excluding hydrogens is 279 g/mol. The molecule has 9 heteroatoms. The molecule has 2 N–H and O–H groups in total. The van der Waals surface area contributed by atoms with Crippen LogP contribution in [-0.4, -0.2) is 30.6 Å². The largest absolute Gasteiger partial charge is 0.389 e. The quantitative estimate of drug-likeness (QED) is 0.615. The first kappa shape index (κ1) is 15.5. The van der Waals surface area contributed by atoms with Crippen molar-refractivity contribution in [2.24, 2.45) is 0 Å². The lowest BCUT2D eigenvalue weighted by atomic mass is 10.1. The first-order valence-corrected chi connectivity index (χ1v) is 6.67. The summed E-state index contributed by atoms with van der Waals surface area (Å²) in [5, 5.41) is 19.8. The molecule has 0 saturated heterocycles. The molecule has 0 bridgehead atoms. The predicted molar refractivity (Wildman–Crippen MR) is 64.5 cm³/mol. The fourth-order valence-electron chi connectivity index (χ4n) is 1.17. The van der Waals surface area contributed by atoms with E-state index in [2.05, 4.69) is 0 Å². The number of halogens is 1. The third kappa shape index (κ3) is 4.23. The number of aliphatic hydroxyl groups is 1. The molecule has 0 atom stereocenters. The Morgan fingerprint density at radius 2 is 2.05 bits per heavy atom. The maximum absolute atomic E-state index is 13.5. The number of nitrogens with zero attached hydrogens (tertiary/aromatic N) is 1. The number of benzene rings is 1. The van der Waals surface area contributed by atoms with E-state index in [9.17, 15) is 28.0 Å². The lowest BCUT2D eigenvalue weighted by Gasteiger charge is -2.17.